The molecule has 1 amide bonds. The summed E-state index contributed by atoms with van der Waals surface area (Å²) in [6.45, 7) is 0.843. The first kappa shape index (κ1) is 19.7. The Morgan fingerprint density at radius 2 is 1.80 bits per heavy atom. The maximum absolute atomic E-state index is 13.0. The van der Waals surface area contributed by atoms with Gasteiger partial charge in [-0.25, -0.2) is 0 Å². The van der Waals surface area contributed by atoms with Gasteiger partial charge in [-0.05, 0) is 49.5 Å². The van der Waals surface area contributed by atoms with Gasteiger partial charge in [-0.1, -0.05) is 42.5 Å². The minimum atomic E-state index is -0.131. The van der Waals surface area contributed by atoms with Gasteiger partial charge in [-0.15, -0.1) is 0 Å². The number of fused-ring (bicyclic) bond motifs is 1. The molecule has 0 saturated heterocycles. The number of ether oxygens (including phenoxy) is 1. The van der Waals surface area contributed by atoms with E-state index in [1.165, 1.54) is 5.56 Å². The molecule has 0 radical (unpaired) electrons. The number of methoxy groups -OCH3 is 1. The summed E-state index contributed by atoms with van der Waals surface area (Å²) in [5, 5.41) is 6.49. The van der Waals surface area contributed by atoms with Crippen LogP contribution in [-0.4, -0.2) is 32.0 Å². The molecule has 0 bridgehead atoms. The second-order valence-electron chi connectivity index (χ2n) is 7.54. The largest absolute Gasteiger partial charge is 0.497 e. The van der Waals surface area contributed by atoms with Crippen LogP contribution in [0.25, 0.3) is 11.3 Å². The fourth-order valence-electron chi connectivity index (χ4n) is 3.67. The molecule has 0 aromatic heterocycles. The minimum absolute atomic E-state index is 0.131. The summed E-state index contributed by atoms with van der Waals surface area (Å²) in [6, 6.07) is 23.8. The third-order valence-corrected chi connectivity index (χ3v) is 4.98. The zero-order valence-corrected chi connectivity index (χ0v) is 17.4. The Morgan fingerprint density at radius 1 is 1.00 bits per heavy atom. The molecule has 0 aliphatic carbocycles. The van der Waals surface area contributed by atoms with Crippen LogP contribution in [0.1, 0.15) is 16.7 Å². The maximum Gasteiger partial charge on any atom is 0.258 e. The molecule has 0 atom stereocenters. The van der Waals surface area contributed by atoms with Crippen molar-refractivity contribution in [1.29, 1.82) is 0 Å². The summed E-state index contributed by atoms with van der Waals surface area (Å²) in [4.78, 5) is 15.1. The Labute approximate surface area is 177 Å². The van der Waals surface area contributed by atoms with Crippen molar-refractivity contribution in [2.45, 2.75) is 6.54 Å². The molecule has 1 aliphatic rings. The summed E-state index contributed by atoms with van der Waals surface area (Å²) in [5.41, 5.74) is 6.10. The van der Waals surface area contributed by atoms with Gasteiger partial charge >= 0.3 is 0 Å². The van der Waals surface area contributed by atoms with Crippen molar-refractivity contribution in [3.8, 4) is 5.75 Å². The van der Waals surface area contributed by atoms with E-state index in [1.807, 2.05) is 74.8 Å². The fraction of sp³-hybridized carbons (Fsp3) is 0.160. The number of benzene rings is 3. The number of nitrogens with zero attached hydrogens (tertiary/aromatic N) is 1. The highest BCUT2D eigenvalue weighted by Crippen LogP contribution is 2.39. The van der Waals surface area contributed by atoms with Gasteiger partial charge in [0.05, 0.1) is 24.1 Å². The molecule has 0 spiro atoms. The monoisotopic (exact) mass is 399 g/mol. The highest BCUT2D eigenvalue weighted by molar-refractivity contribution is 6.37. The standard InChI is InChI=1S/C25H25N3O2/c1-28(2)16-17-8-7-11-19(14-17)26-24(18-9-5-4-6-10-18)23-21-13-12-20(30-3)15-22(21)27-25(23)29/h4-15,26H,16H2,1-3H3,(H,27,29)/b24-23-. The lowest BCUT2D eigenvalue weighted by molar-refractivity contribution is -0.110. The van der Waals surface area contributed by atoms with Gasteiger partial charge in [-0.3, -0.25) is 4.79 Å². The average Bonchev–Trinajstić information content (AvgIpc) is 3.07. The number of amides is 1. The number of carbonyl (C=O) groups is 1. The summed E-state index contributed by atoms with van der Waals surface area (Å²) in [7, 11) is 5.71. The van der Waals surface area contributed by atoms with Crippen molar-refractivity contribution in [1.82, 2.24) is 4.90 Å². The molecule has 0 saturated carbocycles. The highest BCUT2D eigenvalue weighted by Gasteiger charge is 2.28. The lowest BCUT2D eigenvalue weighted by Gasteiger charge is -2.16. The molecule has 0 unspecified atom stereocenters. The average molecular weight is 399 g/mol. The Hall–Kier alpha value is -3.57. The summed E-state index contributed by atoms with van der Waals surface area (Å²) in [5.74, 6) is 0.579. The number of hydrogen-bond acceptors (Lipinski definition) is 4. The van der Waals surface area contributed by atoms with E-state index in [4.69, 9.17) is 4.74 Å². The Balaban J connectivity index is 1.82. The summed E-state index contributed by atoms with van der Waals surface area (Å²) < 4.78 is 5.31. The quantitative estimate of drug-likeness (QED) is 0.591. The fourth-order valence-corrected chi connectivity index (χ4v) is 3.67. The molecule has 5 heteroatoms. The van der Waals surface area contributed by atoms with Crippen molar-refractivity contribution < 1.29 is 9.53 Å². The lowest BCUT2D eigenvalue weighted by Crippen LogP contribution is -2.12. The Morgan fingerprint density at radius 3 is 2.53 bits per heavy atom. The molecule has 3 aromatic rings. The number of hydrogen-bond donors (Lipinski definition) is 2. The van der Waals surface area contributed by atoms with Gasteiger partial charge in [0, 0.05) is 23.9 Å². The zero-order chi connectivity index (χ0) is 21.1. The Bertz CT molecular complexity index is 1100. The summed E-state index contributed by atoms with van der Waals surface area (Å²) in [6.07, 6.45) is 0. The van der Waals surface area contributed by atoms with Gasteiger partial charge in [0.2, 0.25) is 0 Å². The number of rotatable bonds is 6. The minimum Gasteiger partial charge on any atom is -0.497 e. The third-order valence-electron chi connectivity index (χ3n) is 4.98. The van der Waals surface area contributed by atoms with Crippen LogP contribution < -0.4 is 15.4 Å². The van der Waals surface area contributed by atoms with Crippen LogP contribution in [0.4, 0.5) is 11.4 Å². The van der Waals surface area contributed by atoms with Gasteiger partial charge in [-0.2, -0.15) is 0 Å². The first-order chi connectivity index (χ1) is 14.5. The first-order valence-electron chi connectivity index (χ1n) is 9.85. The molecule has 1 aliphatic heterocycles. The van der Waals surface area contributed by atoms with Crippen molar-refractivity contribution in [3.05, 3.63) is 89.5 Å². The second-order valence-corrected chi connectivity index (χ2v) is 7.54. The second kappa shape index (κ2) is 8.43. The molecule has 30 heavy (non-hydrogen) atoms. The van der Waals surface area contributed by atoms with Crippen LogP contribution in [0.5, 0.6) is 5.75 Å². The van der Waals surface area contributed by atoms with E-state index >= 15 is 0 Å². The summed E-state index contributed by atoms with van der Waals surface area (Å²) >= 11 is 0. The van der Waals surface area contributed by atoms with Gasteiger partial charge in [0.15, 0.2) is 0 Å². The topological polar surface area (TPSA) is 53.6 Å². The molecule has 2 N–H and O–H groups in total. The van der Waals surface area contributed by atoms with Crippen molar-refractivity contribution in [2.75, 3.05) is 31.8 Å². The molecule has 3 aromatic carbocycles. The van der Waals surface area contributed by atoms with E-state index in [0.717, 1.165) is 34.7 Å². The zero-order valence-electron chi connectivity index (χ0n) is 17.4. The van der Waals surface area contributed by atoms with Gasteiger partial charge < -0.3 is 20.3 Å². The first-order valence-corrected chi connectivity index (χ1v) is 9.85. The molecular formula is C25H25N3O2. The number of carbonyl (C=O) groups excluding carboxylic acids is 1. The highest BCUT2D eigenvalue weighted by atomic mass is 16.5. The van der Waals surface area contributed by atoms with E-state index in [2.05, 4.69) is 27.7 Å². The van der Waals surface area contributed by atoms with Crippen LogP contribution in [-0.2, 0) is 11.3 Å². The van der Waals surface area contributed by atoms with Crippen molar-refractivity contribution >= 4 is 28.6 Å². The van der Waals surface area contributed by atoms with E-state index < -0.39 is 0 Å². The van der Waals surface area contributed by atoms with Crippen LogP contribution >= 0.6 is 0 Å². The van der Waals surface area contributed by atoms with Crippen molar-refractivity contribution in [2.24, 2.45) is 0 Å². The third kappa shape index (κ3) is 4.07. The molecule has 1 heterocycles. The van der Waals surface area contributed by atoms with E-state index in [9.17, 15) is 4.79 Å². The van der Waals surface area contributed by atoms with Gasteiger partial charge in [0.25, 0.3) is 5.91 Å². The Kier molecular flexibility index (Phi) is 5.55. The maximum atomic E-state index is 13.0. The van der Waals surface area contributed by atoms with E-state index in [1.54, 1.807) is 7.11 Å². The number of anilines is 2. The molecule has 5 nitrogen and oxygen atoms in total. The van der Waals surface area contributed by atoms with E-state index in [-0.39, 0.29) is 5.91 Å². The predicted molar refractivity (Wildman–Crippen MR) is 122 cm³/mol. The van der Waals surface area contributed by atoms with Gasteiger partial charge in [0.1, 0.15) is 5.75 Å². The van der Waals surface area contributed by atoms with Crippen LogP contribution in [0.2, 0.25) is 0 Å². The molecule has 0 fully saturated rings. The van der Waals surface area contributed by atoms with Crippen molar-refractivity contribution in [3.63, 3.8) is 0 Å². The van der Waals surface area contributed by atoms with Crippen LogP contribution in [0.3, 0.4) is 0 Å². The van der Waals surface area contributed by atoms with Crippen LogP contribution in [0.15, 0.2) is 72.8 Å². The smallest absolute Gasteiger partial charge is 0.258 e. The normalized spacial score (nSPS) is 14.3. The molecular weight excluding hydrogens is 374 g/mol. The molecule has 152 valence electrons. The van der Waals surface area contributed by atoms with E-state index in [0.29, 0.717) is 11.3 Å². The SMILES string of the molecule is COc1ccc2c(c1)NC(=O)/C2=C(\Nc1cccc(CN(C)C)c1)c1ccccc1. The molecule has 4 rings (SSSR count). The lowest BCUT2D eigenvalue weighted by atomic mass is 9.99. The van der Waals surface area contributed by atoms with Crippen LogP contribution in [0, 0.1) is 0 Å². The predicted octanol–water partition coefficient (Wildman–Crippen LogP) is 4.69. The number of nitrogens with one attached hydrogen (secondary N) is 2.